The molecule has 3 nitrogen and oxygen atoms in total. The topological polar surface area (TPSA) is 38.1 Å². The van der Waals surface area contributed by atoms with Gasteiger partial charge < -0.3 is 9.73 Å². The van der Waals surface area contributed by atoms with Crippen molar-refractivity contribution in [3.63, 3.8) is 0 Å². The Balaban J connectivity index is 1.80. The number of hydrogen-bond donors (Lipinski definition) is 1. The van der Waals surface area contributed by atoms with Crippen molar-refractivity contribution in [1.82, 2.24) is 10.3 Å². The molecule has 0 aromatic carbocycles. The molecule has 90 valence electrons. The van der Waals surface area contributed by atoms with Crippen LogP contribution >= 0.6 is 11.3 Å². The van der Waals surface area contributed by atoms with E-state index in [1.54, 1.807) is 6.26 Å². The van der Waals surface area contributed by atoms with Gasteiger partial charge in [-0.2, -0.15) is 0 Å². The number of oxazole rings is 1. The molecule has 17 heavy (non-hydrogen) atoms. The van der Waals surface area contributed by atoms with Gasteiger partial charge in [0.2, 0.25) is 5.89 Å². The van der Waals surface area contributed by atoms with Gasteiger partial charge in [0.05, 0.1) is 10.6 Å². The van der Waals surface area contributed by atoms with Crippen LogP contribution in [0.15, 0.2) is 16.7 Å². The predicted molar refractivity (Wildman–Crippen MR) is 69.2 cm³/mol. The first kappa shape index (κ1) is 11.0. The highest BCUT2D eigenvalue weighted by Gasteiger charge is 2.17. The van der Waals surface area contributed by atoms with Gasteiger partial charge in [0, 0.05) is 11.4 Å². The zero-order chi connectivity index (χ0) is 11.7. The molecule has 0 saturated carbocycles. The average molecular weight is 248 g/mol. The molecule has 2 aromatic heterocycles. The van der Waals surface area contributed by atoms with E-state index in [1.165, 1.54) is 34.6 Å². The third kappa shape index (κ3) is 2.15. The molecule has 1 aliphatic rings. The number of aryl methyl sites for hydroxylation is 2. The van der Waals surface area contributed by atoms with Crippen molar-refractivity contribution in [1.29, 1.82) is 0 Å². The van der Waals surface area contributed by atoms with Crippen molar-refractivity contribution in [2.24, 2.45) is 0 Å². The normalized spacial score (nSPS) is 14.2. The SMILES string of the molecule is CCNCc1coc(-c2cc3c(s2)CCC3)n1. The van der Waals surface area contributed by atoms with E-state index in [2.05, 4.69) is 23.3 Å². The van der Waals surface area contributed by atoms with E-state index < -0.39 is 0 Å². The Bertz CT molecular complexity index is 494. The highest BCUT2D eigenvalue weighted by Crippen LogP contribution is 2.36. The van der Waals surface area contributed by atoms with Crippen LogP contribution in [0.5, 0.6) is 0 Å². The maximum absolute atomic E-state index is 5.54. The minimum Gasteiger partial charge on any atom is -0.444 e. The van der Waals surface area contributed by atoms with E-state index in [9.17, 15) is 0 Å². The van der Waals surface area contributed by atoms with Crippen LogP contribution in [-0.2, 0) is 19.4 Å². The molecule has 0 bridgehead atoms. The van der Waals surface area contributed by atoms with Crippen LogP contribution in [-0.4, -0.2) is 11.5 Å². The summed E-state index contributed by atoms with van der Waals surface area (Å²) in [5, 5.41) is 3.25. The van der Waals surface area contributed by atoms with Crippen LogP contribution in [0.1, 0.15) is 29.5 Å². The van der Waals surface area contributed by atoms with Gasteiger partial charge in [-0.1, -0.05) is 6.92 Å². The summed E-state index contributed by atoms with van der Waals surface area (Å²) in [5.74, 6) is 0.775. The minimum atomic E-state index is 0.775. The Morgan fingerprint density at radius 3 is 3.24 bits per heavy atom. The van der Waals surface area contributed by atoms with E-state index in [4.69, 9.17) is 4.42 Å². The van der Waals surface area contributed by atoms with Crippen molar-refractivity contribution >= 4 is 11.3 Å². The summed E-state index contributed by atoms with van der Waals surface area (Å²) >= 11 is 1.84. The molecule has 2 aromatic rings. The molecule has 0 amide bonds. The zero-order valence-corrected chi connectivity index (χ0v) is 10.8. The average Bonchev–Trinajstić information content (AvgIpc) is 3.00. The highest BCUT2D eigenvalue weighted by molar-refractivity contribution is 7.15. The van der Waals surface area contributed by atoms with Gasteiger partial charge in [-0.15, -0.1) is 11.3 Å². The van der Waals surface area contributed by atoms with Crippen molar-refractivity contribution < 1.29 is 4.42 Å². The van der Waals surface area contributed by atoms with Crippen molar-refractivity contribution in [2.45, 2.75) is 32.7 Å². The van der Waals surface area contributed by atoms with Crippen molar-refractivity contribution in [3.05, 3.63) is 28.5 Å². The molecule has 1 N–H and O–H groups in total. The van der Waals surface area contributed by atoms with Gasteiger partial charge in [0.1, 0.15) is 6.26 Å². The highest BCUT2D eigenvalue weighted by atomic mass is 32.1. The molecule has 4 heteroatoms. The first-order valence-corrected chi connectivity index (χ1v) is 6.95. The number of rotatable bonds is 4. The molecule has 1 aliphatic carbocycles. The monoisotopic (exact) mass is 248 g/mol. The van der Waals surface area contributed by atoms with Gasteiger partial charge in [-0.25, -0.2) is 4.98 Å². The van der Waals surface area contributed by atoms with Gasteiger partial charge in [-0.05, 0) is 37.4 Å². The van der Waals surface area contributed by atoms with Crippen LogP contribution in [0, 0.1) is 0 Å². The number of aromatic nitrogens is 1. The van der Waals surface area contributed by atoms with Crippen molar-refractivity contribution in [2.75, 3.05) is 6.54 Å². The van der Waals surface area contributed by atoms with E-state index in [0.29, 0.717) is 0 Å². The molecule has 3 rings (SSSR count). The molecule has 0 atom stereocenters. The standard InChI is InChI=1S/C13H16N2OS/c1-2-14-7-10-8-16-13(15-10)12-6-9-4-3-5-11(9)17-12/h6,8,14H,2-5,7H2,1H3. The molecule has 0 aliphatic heterocycles. The third-order valence-electron chi connectivity index (χ3n) is 3.07. The van der Waals surface area contributed by atoms with Gasteiger partial charge >= 0.3 is 0 Å². The summed E-state index contributed by atoms with van der Waals surface area (Å²) < 4.78 is 5.54. The third-order valence-corrected chi connectivity index (χ3v) is 4.29. The lowest BCUT2D eigenvalue weighted by molar-refractivity contribution is 0.572. The van der Waals surface area contributed by atoms with Crippen LogP contribution < -0.4 is 5.32 Å². The zero-order valence-electron chi connectivity index (χ0n) is 9.95. The summed E-state index contributed by atoms with van der Waals surface area (Å²) in [6, 6.07) is 2.25. The van der Waals surface area contributed by atoms with E-state index >= 15 is 0 Å². The fourth-order valence-corrected chi connectivity index (χ4v) is 3.38. The van der Waals surface area contributed by atoms with Gasteiger partial charge in [0.15, 0.2) is 0 Å². The number of thiophene rings is 1. The fourth-order valence-electron chi connectivity index (χ4n) is 2.19. The molecule has 0 unspecified atom stereocenters. The molecular formula is C13H16N2OS. The summed E-state index contributed by atoms with van der Waals surface area (Å²) in [5.41, 5.74) is 2.48. The van der Waals surface area contributed by atoms with Gasteiger partial charge in [0.25, 0.3) is 0 Å². The maximum Gasteiger partial charge on any atom is 0.236 e. The molecular weight excluding hydrogens is 232 g/mol. The lowest BCUT2D eigenvalue weighted by Gasteiger charge is -1.93. The maximum atomic E-state index is 5.54. The second-order valence-electron chi connectivity index (χ2n) is 4.34. The molecule has 0 radical (unpaired) electrons. The van der Waals surface area contributed by atoms with Gasteiger partial charge in [-0.3, -0.25) is 0 Å². The first-order valence-electron chi connectivity index (χ1n) is 6.14. The number of hydrogen-bond acceptors (Lipinski definition) is 4. The van der Waals surface area contributed by atoms with Crippen LogP contribution in [0.2, 0.25) is 0 Å². The summed E-state index contributed by atoms with van der Waals surface area (Å²) in [4.78, 5) is 7.21. The second-order valence-corrected chi connectivity index (χ2v) is 5.47. The molecule has 0 spiro atoms. The number of nitrogens with zero attached hydrogens (tertiary/aromatic N) is 1. The Morgan fingerprint density at radius 2 is 2.41 bits per heavy atom. The predicted octanol–water partition coefficient (Wildman–Crippen LogP) is 3.00. The molecule has 0 fully saturated rings. The Labute approximate surface area is 105 Å². The van der Waals surface area contributed by atoms with Crippen LogP contribution in [0.3, 0.4) is 0 Å². The first-order chi connectivity index (χ1) is 8.36. The quantitative estimate of drug-likeness (QED) is 0.904. The van der Waals surface area contributed by atoms with Crippen LogP contribution in [0.25, 0.3) is 10.8 Å². The van der Waals surface area contributed by atoms with E-state index in [-0.39, 0.29) is 0 Å². The minimum absolute atomic E-state index is 0.775. The van der Waals surface area contributed by atoms with E-state index in [1.807, 2.05) is 11.3 Å². The van der Waals surface area contributed by atoms with Crippen LogP contribution in [0.4, 0.5) is 0 Å². The van der Waals surface area contributed by atoms with Crippen molar-refractivity contribution in [3.8, 4) is 10.8 Å². The Hall–Kier alpha value is -1.13. The molecule has 0 saturated heterocycles. The lowest BCUT2D eigenvalue weighted by Crippen LogP contribution is -2.11. The Kier molecular flexibility index (Phi) is 2.99. The summed E-state index contributed by atoms with van der Waals surface area (Å²) in [6.45, 7) is 3.82. The van der Waals surface area contributed by atoms with E-state index in [0.717, 1.165) is 24.7 Å². The lowest BCUT2D eigenvalue weighted by atomic mass is 10.2. The largest absolute Gasteiger partial charge is 0.444 e. The fraction of sp³-hybridized carbons (Fsp3) is 0.462. The summed E-state index contributed by atoms with van der Waals surface area (Å²) in [7, 11) is 0. The summed E-state index contributed by atoms with van der Waals surface area (Å²) in [6.07, 6.45) is 5.50. The molecule has 2 heterocycles. The smallest absolute Gasteiger partial charge is 0.236 e. The second kappa shape index (κ2) is 4.63. The Morgan fingerprint density at radius 1 is 1.47 bits per heavy atom. The number of nitrogens with one attached hydrogen (secondary N) is 1. The number of fused-ring (bicyclic) bond motifs is 1.